The number of halogens is 3. The van der Waals surface area contributed by atoms with Crippen molar-refractivity contribution in [3.63, 3.8) is 0 Å². The van der Waals surface area contributed by atoms with Gasteiger partial charge in [-0.3, -0.25) is 0 Å². The average molecular weight is 562 g/mol. The summed E-state index contributed by atoms with van der Waals surface area (Å²) < 4.78 is 11.3. The zero-order chi connectivity index (χ0) is 26.5. The van der Waals surface area contributed by atoms with Crippen LogP contribution in [0.15, 0.2) is 70.9 Å². The molecule has 0 heterocycles. The van der Waals surface area contributed by atoms with E-state index in [1.165, 1.54) is 44.9 Å². The number of hydrogen-bond acceptors (Lipinski definition) is 5. The highest BCUT2D eigenvalue weighted by atomic mass is 35.5. The quantitative estimate of drug-likeness (QED) is 0.0851. The zero-order valence-electron chi connectivity index (χ0n) is 20.9. The third-order valence-corrected chi connectivity index (χ3v) is 6.69. The molecule has 0 saturated carbocycles. The summed E-state index contributed by atoms with van der Waals surface area (Å²) in [7, 11) is 0. The molecule has 0 aromatic heterocycles. The molecule has 8 heteroatoms. The van der Waals surface area contributed by atoms with E-state index in [2.05, 4.69) is 17.2 Å². The van der Waals surface area contributed by atoms with Crippen molar-refractivity contribution in [2.45, 2.75) is 58.3 Å². The van der Waals surface area contributed by atoms with Crippen LogP contribution in [0.5, 0.6) is 11.5 Å². The molecule has 3 rings (SSSR count). The van der Waals surface area contributed by atoms with Gasteiger partial charge in [0.25, 0.3) is 0 Å². The van der Waals surface area contributed by atoms with Crippen molar-refractivity contribution in [1.82, 2.24) is 0 Å². The summed E-state index contributed by atoms with van der Waals surface area (Å²) in [4.78, 5) is 12.6. The van der Waals surface area contributed by atoms with Gasteiger partial charge in [0.2, 0.25) is 0 Å². The average Bonchev–Trinajstić information content (AvgIpc) is 2.90. The number of carbonyl (C=O) groups excluding carboxylic acids is 1. The van der Waals surface area contributed by atoms with Gasteiger partial charge in [0.05, 0.1) is 38.6 Å². The highest BCUT2D eigenvalue weighted by molar-refractivity contribution is 6.42. The lowest BCUT2D eigenvalue weighted by atomic mass is 10.1. The van der Waals surface area contributed by atoms with E-state index in [4.69, 9.17) is 44.3 Å². The smallest absolute Gasteiger partial charge is 0.343 e. The first-order valence-corrected chi connectivity index (χ1v) is 13.7. The molecule has 0 bridgehead atoms. The summed E-state index contributed by atoms with van der Waals surface area (Å²) in [5.74, 6) is 0.450. The Bertz CT molecular complexity index is 1180. The Morgan fingerprint density at radius 3 is 1.92 bits per heavy atom. The van der Waals surface area contributed by atoms with Gasteiger partial charge in [-0.1, -0.05) is 86.7 Å². The number of hydrogen-bond donors (Lipinski definition) is 0. The minimum atomic E-state index is -0.512. The molecule has 0 aliphatic carbocycles. The maximum absolute atomic E-state index is 12.6. The maximum atomic E-state index is 12.6. The third-order valence-electron chi connectivity index (χ3n) is 5.66. The Kier molecular flexibility index (Phi) is 12.2. The second-order valence-corrected chi connectivity index (χ2v) is 9.87. The molecule has 0 aliphatic heterocycles. The van der Waals surface area contributed by atoms with Crippen molar-refractivity contribution in [3.05, 3.63) is 81.3 Å². The minimum Gasteiger partial charge on any atom is -0.494 e. The fourth-order valence-electron chi connectivity index (χ4n) is 3.57. The normalized spacial score (nSPS) is 11.1. The lowest BCUT2D eigenvalue weighted by Crippen LogP contribution is -2.08. The second kappa shape index (κ2) is 15.6. The molecule has 0 spiro atoms. The number of nitrogens with zero attached hydrogens (tertiary/aromatic N) is 2. The fraction of sp³-hybridized carbons (Fsp3) is 0.345. The van der Waals surface area contributed by atoms with Crippen LogP contribution in [0.2, 0.25) is 15.1 Å². The van der Waals surface area contributed by atoms with Crippen LogP contribution < -0.4 is 9.47 Å². The Hall–Kier alpha value is -2.60. The van der Waals surface area contributed by atoms with Gasteiger partial charge in [0.15, 0.2) is 0 Å². The summed E-state index contributed by atoms with van der Waals surface area (Å²) in [5, 5.41) is 9.33. The van der Waals surface area contributed by atoms with Gasteiger partial charge in [0, 0.05) is 0 Å². The number of rotatable bonds is 14. The minimum absolute atomic E-state index is 0.232. The monoisotopic (exact) mass is 560 g/mol. The Balaban J connectivity index is 1.44. The van der Waals surface area contributed by atoms with Crippen molar-refractivity contribution in [3.8, 4) is 11.5 Å². The number of carbonyl (C=O) groups is 1. The van der Waals surface area contributed by atoms with Crippen LogP contribution in [0, 0.1) is 0 Å². The predicted molar refractivity (Wildman–Crippen MR) is 152 cm³/mol. The third kappa shape index (κ3) is 9.99. The SMILES string of the molecule is CCCCCCCCCCOc1ccc(C(=O)Oc2ccc(N=Nc3ccc(Cl)c(Cl)c3)cc2Cl)cc1. The molecule has 0 amide bonds. The van der Waals surface area contributed by atoms with Gasteiger partial charge >= 0.3 is 5.97 Å². The Morgan fingerprint density at radius 2 is 1.30 bits per heavy atom. The molecule has 0 unspecified atom stereocenters. The standard InChI is InChI=1S/C29H31Cl3N2O3/c1-2-3-4-5-6-7-8-9-18-36-24-14-10-21(11-15-24)29(35)37-28-17-13-23(20-27(28)32)34-33-22-12-16-25(30)26(31)19-22/h10-17,19-20H,2-9,18H2,1H3. The van der Waals surface area contributed by atoms with E-state index in [1.54, 1.807) is 60.7 Å². The van der Waals surface area contributed by atoms with Crippen LogP contribution in [0.3, 0.4) is 0 Å². The summed E-state index contributed by atoms with van der Waals surface area (Å²) >= 11 is 18.2. The van der Waals surface area contributed by atoms with Crippen LogP contribution in [0.1, 0.15) is 68.6 Å². The number of unbranched alkanes of at least 4 members (excludes halogenated alkanes) is 7. The van der Waals surface area contributed by atoms with Gasteiger partial charge in [-0.05, 0) is 67.1 Å². The molecule has 3 aromatic rings. The molecular weight excluding hydrogens is 531 g/mol. The van der Waals surface area contributed by atoms with Crippen LogP contribution >= 0.6 is 34.8 Å². The number of benzene rings is 3. The molecule has 37 heavy (non-hydrogen) atoms. The van der Waals surface area contributed by atoms with Crippen molar-refractivity contribution >= 4 is 52.1 Å². The first-order chi connectivity index (χ1) is 18.0. The molecular formula is C29H31Cl3N2O3. The molecule has 3 aromatic carbocycles. The van der Waals surface area contributed by atoms with E-state index < -0.39 is 5.97 Å². The topological polar surface area (TPSA) is 60.2 Å². The zero-order valence-corrected chi connectivity index (χ0v) is 23.2. The number of azo groups is 1. The molecule has 5 nitrogen and oxygen atoms in total. The number of esters is 1. The van der Waals surface area contributed by atoms with Crippen LogP contribution in [-0.4, -0.2) is 12.6 Å². The largest absolute Gasteiger partial charge is 0.494 e. The highest BCUT2D eigenvalue weighted by Gasteiger charge is 2.12. The van der Waals surface area contributed by atoms with E-state index in [0.29, 0.717) is 33.6 Å². The first kappa shape index (κ1) is 29.0. The van der Waals surface area contributed by atoms with E-state index >= 15 is 0 Å². The van der Waals surface area contributed by atoms with Gasteiger partial charge in [-0.2, -0.15) is 10.2 Å². The number of ether oxygens (including phenoxy) is 2. The van der Waals surface area contributed by atoms with Crippen molar-refractivity contribution in [2.75, 3.05) is 6.61 Å². The van der Waals surface area contributed by atoms with E-state index in [1.807, 2.05) is 0 Å². The summed E-state index contributed by atoms with van der Waals surface area (Å²) in [6.45, 7) is 2.90. The summed E-state index contributed by atoms with van der Waals surface area (Å²) in [6.07, 6.45) is 10.0. The lowest BCUT2D eigenvalue weighted by molar-refractivity contribution is 0.0735. The van der Waals surface area contributed by atoms with E-state index in [-0.39, 0.29) is 10.8 Å². The van der Waals surface area contributed by atoms with Gasteiger partial charge in [-0.25, -0.2) is 4.79 Å². The van der Waals surface area contributed by atoms with E-state index in [9.17, 15) is 4.79 Å². The summed E-state index contributed by atoms with van der Waals surface area (Å²) in [5.41, 5.74) is 1.44. The van der Waals surface area contributed by atoms with Crippen molar-refractivity contribution in [1.29, 1.82) is 0 Å². The molecule has 0 N–H and O–H groups in total. The molecule has 0 aliphatic rings. The van der Waals surface area contributed by atoms with Gasteiger partial charge in [0.1, 0.15) is 11.5 Å². The van der Waals surface area contributed by atoms with E-state index in [0.717, 1.165) is 12.2 Å². The van der Waals surface area contributed by atoms with Crippen molar-refractivity contribution in [2.24, 2.45) is 10.2 Å². The summed E-state index contributed by atoms with van der Waals surface area (Å²) in [6, 6.07) is 16.6. The highest BCUT2D eigenvalue weighted by Crippen LogP contribution is 2.32. The fourth-order valence-corrected chi connectivity index (χ4v) is 4.08. The molecule has 0 saturated heterocycles. The molecule has 0 atom stereocenters. The Morgan fingerprint density at radius 1 is 0.703 bits per heavy atom. The maximum Gasteiger partial charge on any atom is 0.343 e. The van der Waals surface area contributed by atoms with Crippen LogP contribution in [-0.2, 0) is 0 Å². The van der Waals surface area contributed by atoms with Gasteiger partial charge < -0.3 is 9.47 Å². The second-order valence-electron chi connectivity index (χ2n) is 8.65. The van der Waals surface area contributed by atoms with Crippen LogP contribution in [0.4, 0.5) is 11.4 Å². The lowest BCUT2D eigenvalue weighted by Gasteiger charge is -2.09. The molecule has 0 radical (unpaired) electrons. The molecule has 196 valence electrons. The Labute approximate surface area is 233 Å². The first-order valence-electron chi connectivity index (χ1n) is 12.6. The van der Waals surface area contributed by atoms with Crippen molar-refractivity contribution < 1.29 is 14.3 Å². The predicted octanol–water partition coefficient (Wildman–Crippen LogP) is 10.8. The molecule has 0 fully saturated rings. The van der Waals surface area contributed by atoms with Gasteiger partial charge in [-0.15, -0.1) is 0 Å². The van der Waals surface area contributed by atoms with Crippen LogP contribution in [0.25, 0.3) is 0 Å².